The monoisotopic (exact) mass is 475 g/mol. The van der Waals surface area contributed by atoms with Gasteiger partial charge in [-0.2, -0.15) is 4.80 Å². The number of carbonyl (C=O) groups excluding carboxylic acids is 1. The van der Waals surface area contributed by atoms with Crippen LogP contribution in [0.5, 0.6) is 0 Å². The van der Waals surface area contributed by atoms with Crippen molar-refractivity contribution >= 4 is 22.5 Å². The van der Waals surface area contributed by atoms with Gasteiger partial charge in [-0.05, 0) is 61.3 Å². The van der Waals surface area contributed by atoms with Crippen LogP contribution in [0.2, 0.25) is 0 Å². The minimum absolute atomic E-state index is 0.0670. The SMILES string of the molecule is Cn1nnc(-c2ccc3c(c2)c(C2=CCN(CCN4CCNC4=O)CC2)cn3C2CCNCC2)n1. The Morgan fingerprint density at radius 2 is 2.00 bits per heavy atom. The number of rotatable bonds is 6. The van der Waals surface area contributed by atoms with Crippen molar-refractivity contribution in [2.75, 3.05) is 52.4 Å². The molecular weight excluding hydrogens is 442 g/mol. The molecule has 1 aromatic carbocycles. The predicted octanol–water partition coefficient (Wildman–Crippen LogP) is 1.87. The van der Waals surface area contributed by atoms with Crippen molar-refractivity contribution in [1.29, 1.82) is 0 Å². The Bertz CT molecular complexity index is 1250. The molecule has 35 heavy (non-hydrogen) atoms. The Labute approximate surface area is 204 Å². The maximum atomic E-state index is 11.8. The average molecular weight is 476 g/mol. The lowest BCUT2D eigenvalue weighted by atomic mass is 9.98. The molecule has 10 nitrogen and oxygen atoms in total. The highest BCUT2D eigenvalue weighted by molar-refractivity contribution is 5.95. The second-order valence-corrected chi connectivity index (χ2v) is 9.76. The lowest BCUT2D eigenvalue weighted by Gasteiger charge is -2.28. The molecule has 2 amide bonds. The minimum Gasteiger partial charge on any atom is -0.344 e. The van der Waals surface area contributed by atoms with Crippen LogP contribution in [0.1, 0.15) is 30.9 Å². The van der Waals surface area contributed by atoms with E-state index in [9.17, 15) is 4.79 Å². The van der Waals surface area contributed by atoms with Gasteiger partial charge in [-0.3, -0.25) is 4.90 Å². The van der Waals surface area contributed by atoms with Crippen molar-refractivity contribution in [2.24, 2.45) is 7.05 Å². The van der Waals surface area contributed by atoms with Crippen molar-refractivity contribution < 1.29 is 4.79 Å². The molecule has 10 heteroatoms. The Balaban J connectivity index is 1.29. The molecule has 6 rings (SSSR count). The maximum absolute atomic E-state index is 11.8. The smallest absolute Gasteiger partial charge is 0.317 e. The molecule has 5 heterocycles. The van der Waals surface area contributed by atoms with Gasteiger partial charge in [-0.25, -0.2) is 4.79 Å². The molecule has 2 fully saturated rings. The van der Waals surface area contributed by atoms with Crippen LogP contribution < -0.4 is 10.6 Å². The number of carbonyl (C=O) groups is 1. The number of tetrazole rings is 1. The molecule has 2 saturated heterocycles. The highest BCUT2D eigenvalue weighted by Crippen LogP contribution is 2.36. The summed E-state index contributed by atoms with van der Waals surface area (Å²) in [4.78, 5) is 17.7. The van der Waals surface area contributed by atoms with E-state index in [1.54, 1.807) is 7.05 Å². The molecule has 0 aliphatic carbocycles. The van der Waals surface area contributed by atoms with Crippen LogP contribution in [0, 0.1) is 0 Å². The summed E-state index contributed by atoms with van der Waals surface area (Å²) in [6.45, 7) is 7.32. The number of amides is 2. The molecule has 0 radical (unpaired) electrons. The predicted molar refractivity (Wildman–Crippen MR) is 135 cm³/mol. The standard InChI is InChI=1S/C25H33N9O/c1-31-29-24(28-30-31)19-2-3-23-21(16-19)22(17-34(23)20-4-8-26-9-5-20)18-6-11-32(12-7-18)14-15-33-13-10-27-25(33)35/h2-3,6,16-17,20,26H,4-5,7-15H2,1H3,(H,27,35). The van der Waals surface area contributed by atoms with Crippen LogP contribution in [-0.4, -0.2) is 93.0 Å². The molecule has 2 aromatic heterocycles. The van der Waals surface area contributed by atoms with Crippen molar-refractivity contribution in [3.63, 3.8) is 0 Å². The first-order valence-corrected chi connectivity index (χ1v) is 12.7. The molecule has 0 spiro atoms. The third-order valence-corrected chi connectivity index (χ3v) is 7.57. The summed E-state index contributed by atoms with van der Waals surface area (Å²) >= 11 is 0. The molecular formula is C25H33N9O. The number of nitrogens with one attached hydrogen (secondary N) is 2. The van der Waals surface area contributed by atoms with Crippen LogP contribution in [0.15, 0.2) is 30.5 Å². The van der Waals surface area contributed by atoms with Gasteiger partial charge in [0.1, 0.15) is 0 Å². The number of nitrogens with zero attached hydrogens (tertiary/aromatic N) is 7. The summed E-state index contributed by atoms with van der Waals surface area (Å²) in [7, 11) is 1.79. The summed E-state index contributed by atoms with van der Waals surface area (Å²) in [6.07, 6.45) is 8.05. The molecule has 3 aromatic rings. The van der Waals surface area contributed by atoms with Crippen molar-refractivity contribution in [3.8, 4) is 11.4 Å². The Hall–Kier alpha value is -3.24. The van der Waals surface area contributed by atoms with Crippen LogP contribution >= 0.6 is 0 Å². The molecule has 0 unspecified atom stereocenters. The van der Waals surface area contributed by atoms with E-state index < -0.39 is 0 Å². The number of hydrogen-bond donors (Lipinski definition) is 2. The Morgan fingerprint density at radius 1 is 1.11 bits per heavy atom. The Morgan fingerprint density at radius 3 is 2.71 bits per heavy atom. The fraction of sp³-hybridized carbons (Fsp3) is 0.520. The number of benzene rings is 1. The third-order valence-electron chi connectivity index (χ3n) is 7.57. The van der Waals surface area contributed by atoms with Crippen LogP contribution in [0.3, 0.4) is 0 Å². The number of aromatic nitrogens is 5. The highest BCUT2D eigenvalue weighted by atomic mass is 16.2. The molecule has 3 aliphatic rings. The van der Waals surface area contributed by atoms with E-state index in [1.165, 1.54) is 26.8 Å². The lowest BCUT2D eigenvalue weighted by Crippen LogP contribution is -2.38. The first-order chi connectivity index (χ1) is 17.2. The second kappa shape index (κ2) is 9.43. The van der Waals surface area contributed by atoms with Gasteiger partial charge >= 0.3 is 6.03 Å². The molecule has 184 valence electrons. The topological polar surface area (TPSA) is 96.1 Å². The lowest BCUT2D eigenvalue weighted by molar-refractivity contribution is 0.205. The van der Waals surface area contributed by atoms with Crippen LogP contribution in [0.25, 0.3) is 27.9 Å². The van der Waals surface area contributed by atoms with Crippen molar-refractivity contribution in [3.05, 3.63) is 36.0 Å². The van der Waals surface area contributed by atoms with Crippen molar-refractivity contribution in [2.45, 2.75) is 25.3 Å². The largest absolute Gasteiger partial charge is 0.344 e. The number of aryl methyl sites for hydroxylation is 1. The minimum atomic E-state index is 0.0670. The fourth-order valence-corrected chi connectivity index (χ4v) is 5.58. The highest BCUT2D eigenvalue weighted by Gasteiger charge is 2.24. The number of fused-ring (bicyclic) bond motifs is 1. The molecule has 0 atom stereocenters. The summed E-state index contributed by atoms with van der Waals surface area (Å²) in [6, 6.07) is 7.16. The van der Waals surface area contributed by atoms with Crippen LogP contribution in [-0.2, 0) is 7.05 Å². The zero-order valence-electron chi connectivity index (χ0n) is 20.3. The molecule has 0 saturated carbocycles. The normalized spacial score (nSPS) is 20.0. The quantitative estimate of drug-likeness (QED) is 0.565. The van der Waals surface area contributed by atoms with Gasteiger partial charge in [0.2, 0.25) is 5.82 Å². The average Bonchev–Trinajstić information content (AvgIpc) is 3.61. The summed E-state index contributed by atoms with van der Waals surface area (Å²) < 4.78 is 2.50. The zero-order valence-corrected chi connectivity index (χ0v) is 20.3. The summed E-state index contributed by atoms with van der Waals surface area (Å²) in [5, 5.41) is 20.3. The fourth-order valence-electron chi connectivity index (χ4n) is 5.58. The van der Waals surface area contributed by atoms with E-state index in [2.05, 4.69) is 66.0 Å². The van der Waals surface area contributed by atoms with Crippen molar-refractivity contribution in [1.82, 2.24) is 45.2 Å². The van der Waals surface area contributed by atoms with E-state index in [1.807, 2.05) is 4.90 Å². The van der Waals surface area contributed by atoms with Gasteiger partial charge in [0, 0.05) is 73.5 Å². The van der Waals surface area contributed by atoms with Gasteiger partial charge in [0.15, 0.2) is 0 Å². The second-order valence-electron chi connectivity index (χ2n) is 9.76. The van der Waals surface area contributed by atoms with Crippen LogP contribution in [0.4, 0.5) is 4.79 Å². The first-order valence-electron chi connectivity index (χ1n) is 12.7. The van der Waals surface area contributed by atoms with E-state index in [-0.39, 0.29) is 6.03 Å². The first kappa shape index (κ1) is 22.2. The van der Waals surface area contributed by atoms with Gasteiger partial charge in [0.25, 0.3) is 0 Å². The number of piperidine rings is 1. The zero-order chi connectivity index (χ0) is 23.8. The molecule has 3 aliphatic heterocycles. The summed E-state index contributed by atoms with van der Waals surface area (Å²) in [5.74, 6) is 0.657. The van der Waals surface area contributed by atoms with E-state index in [4.69, 9.17) is 0 Å². The summed E-state index contributed by atoms with van der Waals surface area (Å²) in [5.41, 5.74) is 5.00. The van der Waals surface area contributed by atoms with Gasteiger partial charge < -0.3 is 20.1 Å². The van der Waals surface area contributed by atoms with Gasteiger partial charge in [-0.1, -0.05) is 6.08 Å². The molecule has 0 bridgehead atoms. The van der Waals surface area contributed by atoms with Gasteiger partial charge in [-0.15, -0.1) is 10.2 Å². The maximum Gasteiger partial charge on any atom is 0.317 e. The van der Waals surface area contributed by atoms with Gasteiger partial charge in [0.05, 0.1) is 7.05 Å². The van der Waals surface area contributed by atoms with E-state index in [0.29, 0.717) is 11.9 Å². The van der Waals surface area contributed by atoms with E-state index in [0.717, 1.165) is 77.2 Å². The number of urea groups is 1. The van der Waals surface area contributed by atoms with E-state index >= 15 is 0 Å². The number of hydrogen-bond acceptors (Lipinski definition) is 6. The Kier molecular flexibility index (Phi) is 5.99. The molecule has 2 N–H and O–H groups in total. The third kappa shape index (κ3) is 4.43.